The Bertz CT molecular complexity index is 658. The van der Waals surface area contributed by atoms with Crippen LogP contribution in [0.5, 0.6) is 5.75 Å². The van der Waals surface area contributed by atoms with Crippen molar-refractivity contribution in [3.05, 3.63) is 52.0 Å². The summed E-state index contributed by atoms with van der Waals surface area (Å²) in [6, 6.07) is 11.7. The van der Waals surface area contributed by atoms with Gasteiger partial charge < -0.3 is 15.8 Å². The number of anilines is 2. The summed E-state index contributed by atoms with van der Waals surface area (Å²) in [5.74, 6) is 0.763. The van der Waals surface area contributed by atoms with Crippen molar-refractivity contribution in [2.75, 3.05) is 12.4 Å². The molecule has 20 heavy (non-hydrogen) atoms. The zero-order valence-corrected chi connectivity index (χ0v) is 13.6. The molecule has 0 bridgehead atoms. The number of ether oxygens (including phenoxy) is 1. The maximum absolute atomic E-state index is 5.76. The van der Waals surface area contributed by atoms with E-state index in [4.69, 9.17) is 22.7 Å². The van der Waals surface area contributed by atoms with E-state index >= 15 is 0 Å². The molecule has 0 heterocycles. The van der Waals surface area contributed by atoms with Crippen LogP contribution in [0.1, 0.15) is 11.1 Å². The number of rotatable bonds is 4. The monoisotopic (exact) mass is 350 g/mol. The Balaban J connectivity index is 2.39. The average Bonchev–Trinajstić information content (AvgIpc) is 2.40. The number of hydrogen-bond acceptors (Lipinski definition) is 3. The fourth-order valence-electron chi connectivity index (χ4n) is 1.87. The smallest absolute Gasteiger partial charge is 0.135 e. The Morgan fingerprint density at radius 1 is 1.25 bits per heavy atom. The summed E-state index contributed by atoms with van der Waals surface area (Å²) in [6.07, 6.45) is 0. The predicted molar refractivity (Wildman–Crippen MR) is 91.0 cm³/mol. The highest BCUT2D eigenvalue weighted by molar-refractivity contribution is 9.10. The van der Waals surface area contributed by atoms with Gasteiger partial charge in [0, 0.05) is 23.0 Å². The maximum Gasteiger partial charge on any atom is 0.135 e. The molecule has 3 nitrogen and oxygen atoms in total. The molecule has 0 atom stereocenters. The lowest BCUT2D eigenvalue weighted by molar-refractivity contribution is 0.412. The van der Waals surface area contributed by atoms with Crippen molar-refractivity contribution in [2.45, 2.75) is 6.92 Å². The average molecular weight is 351 g/mol. The lowest BCUT2D eigenvalue weighted by Crippen LogP contribution is -2.12. The number of hydrogen-bond donors (Lipinski definition) is 2. The summed E-state index contributed by atoms with van der Waals surface area (Å²) >= 11 is 8.52. The molecule has 2 aromatic carbocycles. The number of thiocarbonyl (C=S) groups is 1. The normalized spacial score (nSPS) is 10.2. The van der Waals surface area contributed by atoms with Gasteiger partial charge in [0.1, 0.15) is 10.7 Å². The Kier molecular flexibility index (Phi) is 4.62. The SMILES string of the molecule is COc1cc(Nc2cc(C)ccc2C(N)=S)ccc1Br. The number of nitrogens with two attached hydrogens (primary N) is 1. The van der Waals surface area contributed by atoms with E-state index in [1.54, 1.807) is 7.11 Å². The van der Waals surface area contributed by atoms with E-state index in [0.29, 0.717) is 4.99 Å². The van der Waals surface area contributed by atoms with Gasteiger partial charge in [0.25, 0.3) is 0 Å². The zero-order chi connectivity index (χ0) is 14.7. The maximum atomic E-state index is 5.76. The van der Waals surface area contributed by atoms with Crippen LogP contribution >= 0.6 is 28.1 Å². The number of methoxy groups -OCH3 is 1. The molecule has 0 aliphatic rings. The molecule has 2 rings (SSSR count). The molecule has 0 saturated heterocycles. The van der Waals surface area contributed by atoms with Gasteiger partial charge >= 0.3 is 0 Å². The van der Waals surface area contributed by atoms with Crippen LogP contribution in [-0.4, -0.2) is 12.1 Å². The topological polar surface area (TPSA) is 47.3 Å². The van der Waals surface area contributed by atoms with Crippen LogP contribution < -0.4 is 15.8 Å². The van der Waals surface area contributed by atoms with Crippen molar-refractivity contribution in [2.24, 2.45) is 5.73 Å². The highest BCUT2D eigenvalue weighted by Gasteiger charge is 2.07. The Morgan fingerprint density at radius 2 is 2.00 bits per heavy atom. The van der Waals surface area contributed by atoms with Crippen molar-refractivity contribution in [1.29, 1.82) is 0 Å². The highest BCUT2D eigenvalue weighted by atomic mass is 79.9. The van der Waals surface area contributed by atoms with Crippen LogP contribution in [0.2, 0.25) is 0 Å². The second-order valence-corrected chi connectivity index (χ2v) is 5.68. The molecular weight excluding hydrogens is 336 g/mol. The summed E-state index contributed by atoms with van der Waals surface area (Å²) in [6.45, 7) is 2.02. The minimum atomic E-state index is 0.372. The van der Waals surface area contributed by atoms with Gasteiger partial charge in [0.15, 0.2) is 0 Å². The van der Waals surface area contributed by atoms with Gasteiger partial charge in [-0.05, 0) is 52.7 Å². The summed E-state index contributed by atoms with van der Waals surface area (Å²) in [4.78, 5) is 0.372. The Hall–Kier alpha value is -1.59. The molecule has 0 amide bonds. The predicted octanol–water partition coefficient (Wildman–Crippen LogP) is 4.14. The molecule has 0 spiro atoms. The third kappa shape index (κ3) is 3.29. The van der Waals surface area contributed by atoms with Crippen LogP contribution in [-0.2, 0) is 0 Å². The van der Waals surface area contributed by atoms with E-state index in [-0.39, 0.29) is 0 Å². The van der Waals surface area contributed by atoms with Gasteiger partial charge in [0.2, 0.25) is 0 Å². The number of benzene rings is 2. The quantitative estimate of drug-likeness (QED) is 0.813. The van der Waals surface area contributed by atoms with Crippen LogP contribution in [0.3, 0.4) is 0 Å². The number of aryl methyl sites for hydroxylation is 1. The lowest BCUT2D eigenvalue weighted by Gasteiger charge is -2.13. The van der Waals surface area contributed by atoms with Gasteiger partial charge in [-0.3, -0.25) is 0 Å². The molecule has 0 unspecified atom stereocenters. The minimum absolute atomic E-state index is 0.372. The van der Waals surface area contributed by atoms with Gasteiger partial charge in [-0.15, -0.1) is 0 Å². The molecule has 2 aromatic rings. The molecule has 0 aromatic heterocycles. The van der Waals surface area contributed by atoms with Gasteiger partial charge in [-0.1, -0.05) is 18.3 Å². The Morgan fingerprint density at radius 3 is 2.65 bits per heavy atom. The molecule has 5 heteroatoms. The van der Waals surface area contributed by atoms with Crippen LogP contribution in [0.25, 0.3) is 0 Å². The first-order chi connectivity index (χ1) is 9.51. The first kappa shape index (κ1) is 14.8. The van der Waals surface area contributed by atoms with Gasteiger partial charge in [0.05, 0.1) is 11.6 Å². The minimum Gasteiger partial charge on any atom is -0.495 e. The summed E-state index contributed by atoms with van der Waals surface area (Å²) < 4.78 is 6.19. The van der Waals surface area contributed by atoms with Gasteiger partial charge in [-0.25, -0.2) is 0 Å². The first-order valence-electron chi connectivity index (χ1n) is 6.02. The summed E-state index contributed by atoms with van der Waals surface area (Å²) in [7, 11) is 1.64. The summed E-state index contributed by atoms with van der Waals surface area (Å²) in [5, 5.41) is 3.33. The van der Waals surface area contributed by atoms with Crippen molar-refractivity contribution in [1.82, 2.24) is 0 Å². The number of nitrogens with one attached hydrogen (secondary N) is 1. The van der Waals surface area contributed by atoms with Crippen molar-refractivity contribution in [3.8, 4) is 5.75 Å². The molecule has 0 aliphatic heterocycles. The van der Waals surface area contributed by atoms with E-state index in [1.165, 1.54) is 0 Å². The highest BCUT2D eigenvalue weighted by Crippen LogP contribution is 2.30. The second-order valence-electron chi connectivity index (χ2n) is 4.39. The van der Waals surface area contributed by atoms with Crippen molar-refractivity contribution in [3.63, 3.8) is 0 Å². The molecular formula is C15H15BrN2OS. The van der Waals surface area contributed by atoms with E-state index in [0.717, 1.165) is 32.7 Å². The standard InChI is InChI=1S/C15H15BrN2OS/c1-9-3-5-11(15(17)20)13(7-9)18-10-4-6-12(16)14(8-10)19-2/h3-8,18H,1-2H3,(H2,17,20). The van der Waals surface area contributed by atoms with Crippen molar-refractivity contribution >= 4 is 44.5 Å². The largest absolute Gasteiger partial charge is 0.495 e. The third-order valence-electron chi connectivity index (χ3n) is 2.87. The second kappa shape index (κ2) is 6.24. The van der Waals surface area contributed by atoms with Crippen LogP contribution in [0.4, 0.5) is 11.4 Å². The molecule has 104 valence electrons. The summed E-state index contributed by atoms with van der Waals surface area (Å²) in [5.41, 5.74) is 9.52. The fourth-order valence-corrected chi connectivity index (χ4v) is 2.46. The molecule has 0 fully saturated rings. The Labute approximate surface area is 132 Å². The van der Waals surface area contributed by atoms with E-state index in [9.17, 15) is 0 Å². The van der Waals surface area contributed by atoms with E-state index in [1.807, 2.05) is 43.3 Å². The van der Waals surface area contributed by atoms with Crippen molar-refractivity contribution < 1.29 is 4.74 Å². The molecule has 3 N–H and O–H groups in total. The number of halogens is 1. The molecule has 0 saturated carbocycles. The molecule has 0 aliphatic carbocycles. The zero-order valence-electron chi connectivity index (χ0n) is 11.2. The van der Waals surface area contributed by atoms with Gasteiger partial charge in [-0.2, -0.15) is 0 Å². The first-order valence-corrected chi connectivity index (χ1v) is 7.22. The molecule has 0 radical (unpaired) electrons. The van der Waals surface area contributed by atoms with E-state index < -0.39 is 0 Å². The lowest BCUT2D eigenvalue weighted by atomic mass is 10.1. The van der Waals surface area contributed by atoms with Crippen LogP contribution in [0.15, 0.2) is 40.9 Å². The third-order valence-corrected chi connectivity index (χ3v) is 3.75. The fraction of sp³-hybridized carbons (Fsp3) is 0.133. The van der Waals surface area contributed by atoms with E-state index in [2.05, 4.69) is 21.2 Å². The van der Waals surface area contributed by atoms with Crippen LogP contribution in [0, 0.1) is 6.92 Å².